The molecule has 0 bridgehead atoms. The van der Waals surface area contributed by atoms with Gasteiger partial charge in [0.05, 0.1) is 12.3 Å². The topological polar surface area (TPSA) is 137 Å². The van der Waals surface area contributed by atoms with E-state index in [2.05, 4.69) is 10.6 Å². The lowest BCUT2D eigenvalue weighted by atomic mass is 9.94. The third kappa shape index (κ3) is 6.51. The number of hydrogen-bond acceptors (Lipinski definition) is 7. The summed E-state index contributed by atoms with van der Waals surface area (Å²) in [5.74, 6) is -0.777. The predicted octanol–water partition coefficient (Wildman–Crippen LogP) is 0.288. The van der Waals surface area contributed by atoms with E-state index in [0.29, 0.717) is 24.8 Å². The minimum Gasteiger partial charge on any atom is -0.381 e. The first-order valence-corrected chi connectivity index (χ1v) is 10.1. The van der Waals surface area contributed by atoms with Gasteiger partial charge in [-0.3, -0.25) is 10.2 Å². The number of amidine groups is 1. The van der Waals surface area contributed by atoms with Gasteiger partial charge < -0.3 is 36.2 Å². The maximum atomic E-state index is 12.5. The third-order valence-electron chi connectivity index (χ3n) is 5.40. The van der Waals surface area contributed by atoms with Gasteiger partial charge in [0.25, 0.3) is 0 Å². The van der Waals surface area contributed by atoms with E-state index in [1.54, 1.807) is 21.0 Å². The highest BCUT2D eigenvalue weighted by Gasteiger charge is 2.35. The zero-order chi connectivity index (χ0) is 20.7. The van der Waals surface area contributed by atoms with E-state index in [-0.39, 0.29) is 30.3 Å². The number of ether oxygens (including phenoxy) is 2. The summed E-state index contributed by atoms with van der Waals surface area (Å²) in [5, 5.41) is 22.8. The third-order valence-corrected chi connectivity index (χ3v) is 5.40. The number of carbonyl (C=O) groups is 1. The van der Waals surface area contributed by atoms with E-state index in [9.17, 15) is 4.79 Å². The fourth-order valence-corrected chi connectivity index (χ4v) is 3.90. The molecule has 0 spiro atoms. The number of amides is 1. The second-order valence-electron chi connectivity index (χ2n) is 7.89. The minimum atomic E-state index is -0.707. The molecule has 4 unspecified atom stereocenters. The lowest BCUT2D eigenvalue weighted by Crippen LogP contribution is -2.59. The average molecular weight is 397 g/mol. The maximum Gasteiger partial charge on any atom is 0.232 e. The fraction of sp³-hybridized carbons (Fsp3) is 0.842. The summed E-state index contributed by atoms with van der Waals surface area (Å²) in [6, 6.07) is 0.658. The number of nitrogens with one attached hydrogen (secondary N) is 4. The van der Waals surface area contributed by atoms with Crippen LogP contribution in [0.1, 0.15) is 39.5 Å². The van der Waals surface area contributed by atoms with Crippen LogP contribution in [-0.4, -0.2) is 80.1 Å². The van der Waals surface area contributed by atoms with Gasteiger partial charge in [-0.05, 0) is 33.1 Å². The standard InChI is InChI=1S/C19H36N6O3/c1-12(20)10-15(19(26)23-13(2)21)18(22)25-7-4-16(17(11-25)27-3)24-14-5-8-28-9-6-14/h13-17,20,22,24H,4-11,21H2,1-3H3,(H,23,26). The quantitative estimate of drug-likeness (QED) is 0.227. The molecule has 0 saturated carbocycles. The van der Waals surface area contributed by atoms with Crippen molar-refractivity contribution in [1.29, 1.82) is 10.8 Å². The summed E-state index contributed by atoms with van der Waals surface area (Å²) in [6.07, 6.45) is 2.51. The smallest absolute Gasteiger partial charge is 0.232 e. The Hall–Kier alpha value is -1.55. The normalized spacial score (nSPS) is 25.8. The van der Waals surface area contributed by atoms with Crippen LogP contribution < -0.4 is 16.4 Å². The summed E-state index contributed by atoms with van der Waals surface area (Å²) in [6.45, 7) is 6.15. The van der Waals surface area contributed by atoms with Gasteiger partial charge in [0.15, 0.2) is 0 Å². The summed E-state index contributed by atoms with van der Waals surface area (Å²) in [5.41, 5.74) is 6.05. The van der Waals surface area contributed by atoms with E-state index in [4.69, 9.17) is 26.0 Å². The van der Waals surface area contributed by atoms with Gasteiger partial charge >= 0.3 is 0 Å². The fourth-order valence-electron chi connectivity index (χ4n) is 3.90. The number of methoxy groups -OCH3 is 1. The first-order chi connectivity index (χ1) is 13.3. The molecule has 2 aliphatic rings. The van der Waals surface area contributed by atoms with Gasteiger partial charge in [0.1, 0.15) is 11.8 Å². The van der Waals surface area contributed by atoms with E-state index in [0.717, 1.165) is 32.5 Å². The maximum absolute atomic E-state index is 12.5. The molecule has 2 heterocycles. The summed E-state index contributed by atoms with van der Waals surface area (Å²) in [7, 11) is 1.69. The van der Waals surface area contributed by atoms with Crippen molar-refractivity contribution in [2.45, 2.75) is 63.9 Å². The Morgan fingerprint density at radius 3 is 2.57 bits per heavy atom. The first-order valence-electron chi connectivity index (χ1n) is 10.1. The number of nitrogens with two attached hydrogens (primary N) is 1. The van der Waals surface area contributed by atoms with Crippen LogP contribution in [0.2, 0.25) is 0 Å². The molecule has 28 heavy (non-hydrogen) atoms. The molecule has 0 aliphatic carbocycles. The Kier molecular flexibility index (Phi) is 8.81. The van der Waals surface area contributed by atoms with Crippen molar-refractivity contribution >= 4 is 17.5 Å². The van der Waals surface area contributed by atoms with Gasteiger partial charge in [0, 0.05) is 57.6 Å². The average Bonchev–Trinajstić information content (AvgIpc) is 2.66. The van der Waals surface area contributed by atoms with Crippen molar-refractivity contribution in [1.82, 2.24) is 15.5 Å². The van der Waals surface area contributed by atoms with Crippen molar-refractivity contribution in [3.8, 4) is 0 Å². The molecule has 0 aromatic carbocycles. The highest BCUT2D eigenvalue weighted by Crippen LogP contribution is 2.20. The Balaban J connectivity index is 2.00. The van der Waals surface area contributed by atoms with Crippen LogP contribution in [0, 0.1) is 16.7 Å². The highest BCUT2D eigenvalue weighted by atomic mass is 16.5. The van der Waals surface area contributed by atoms with E-state index >= 15 is 0 Å². The second kappa shape index (κ2) is 10.8. The molecule has 9 heteroatoms. The Bertz CT molecular complexity index is 550. The number of piperidine rings is 1. The molecule has 2 aliphatic heterocycles. The van der Waals surface area contributed by atoms with Crippen molar-refractivity contribution in [3.63, 3.8) is 0 Å². The monoisotopic (exact) mass is 396 g/mol. The van der Waals surface area contributed by atoms with Crippen molar-refractivity contribution < 1.29 is 14.3 Å². The molecule has 4 atom stereocenters. The molecule has 0 aromatic rings. The van der Waals surface area contributed by atoms with Crippen LogP contribution in [0.4, 0.5) is 0 Å². The van der Waals surface area contributed by atoms with Crippen LogP contribution >= 0.6 is 0 Å². The van der Waals surface area contributed by atoms with Gasteiger partial charge in [0.2, 0.25) is 5.91 Å². The molecular formula is C19H36N6O3. The number of carbonyl (C=O) groups excluding carboxylic acids is 1. The van der Waals surface area contributed by atoms with E-state index < -0.39 is 12.1 Å². The zero-order valence-electron chi connectivity index (χ0n) is 17.3. The van der Waals surface area contributed by atoms with Crippen molar-refractivity contribution in [2.24, 2.45) is 11.7 Å². The molecule has 0 aromatic heterocycles. The summed E-state index contributed by atoms with van der Waals surface area (Å²) < 4.78 is 11.1. The van der Waals surface area contributed by atoms with Crippen molar-refractivity contribution in [2.75, 3.05) is 33.4 Å². The van der Waals surface area contributed by atoms with Gasteiger partial charge in [-0.25, -0.2) is 0 Å². The van der Waals surface area contributed by atoms with Gasteiger partial charge in [-0.15, -0.1) is 0 Å². The molecule has 2 saturated heterocycles. The summed E-state index contributed by atoms with van der Waals surface area (Å²) in [4.78, 5) is 14.4. The number of rotatable bonds is 8. The summed E-state index contributed by atoms with van der Waals surface area (Å²) >= 11 is 0. The van der Waals surface area contributed by atoms with Crippen molar-refractivity contribution in [3.05, 3.63) is 0 Å². The van der Waals surface area contributed by atoms with Crippen LogP contribution in [0.15, 0.2) is 0 Å². The number of nitrogens with zero attached hydrogens (tertiary/aromatic N) is 1. The van der Waals surface area contributed by atoms with Crippen LogP contribution in [0.25, 0.3) is 0 Å². The SMILES string of the molecule is COC1CN(C(=N)C(CC(C)=N)C(=O)NC(C)N)CCC1NC1CCOCC1. The highest BCUT2D eigenvalue weighted by molar-refractivity contribution is 6.04. The second-order valence-corrected chi connectivity index (χ2v) is 7.89. The molecule has 160 valence electrons. The minimum absolute atomic E-state index is 0.0600. The van der Waals surface area contributed by atoms with Crippen LogP contribution in [-0.2, 0) is 14.3 Å². The van der Waals surface area contributed by atoms with Crippen LogP contribution in [0.5, 0.6) is 0 Å². The first kappa shape index (κ1) is 22.7. The molecule has 6 N–H and O–H groups in total. The lowest BCUT2D eigenvalue weighted by Gasteiger charge is -2.42. The molecule has 0 radical (unpaired) electrons. The largest absolute Gasteiger partial charge is 0.381 e. The molecular weight excluding hydrogens is 360 g/mol. The Morgan fingerprint density at radius 1 is 1.32 bits per heavy atom. The van der Waals surface area contributed by atoms with Crippen LogP contribution in [0.3, 0.4) is 0 Å². The Morgan fingerprint density at radius 2 is 2.00 bits per heavy atom. The Labute approximate surface area is 167 Å². The number of likely N-dealkylation sites (tertiary alicyclic amines) is 1. The molecule has 1 amide bonds. The number of hydrogen-bond donors (Lipinski definition) is 5. The zero-order valence-corrected chi connectivity index (χ0v) is 17.3. The lowest BCUT2D eigenvalue weighted by molar-refractivity contribution is -0.123. The predicted molar refractivity (Wildman–Crippen MR) is 109 cm³/mol. The van der Waals surface area contributed by atoms with E-state index in [1.165, 1.54) is 0 Å². The molecule has 9 nitrogen and oxygen atoms in total. The van der Waals surface area contributed by atoms with Gasteiger partial charge in [-0.1, -0.05) is 0 Å². The molecule has 2 rings (SSSR count). The molecule has 2 fully saturated rings. The van der Waals surface area contributed by atoms with E-state index in [1.807, 2.05) is 4.90 Å². The van der Waals surface area contributed by atoms with Gasteiger partial charge in [-0.2, -0.15) is 0 Å².